The minimum absolute atomic E-state index is 0.369. The Bertz CT molecular complexity index is 755. The molecule has 2 aliphatic heterocycles. The van der Waals surface area contributed by atoms with Gasteiger partial charge in [0.05, 0.1) is 0 Å². The lowest BCUT2D eigenvalue weighted by molar-refractivity contribution is -0.161. The first-order valence-corrected chi connectivity index (χ1v) is 9.52. The first-order valence-electron chi connectivity index (χ1n) is 8.11. The minimum atomic E-state index is -1.04. The summed E-state index contributed by atoms with van der Waals surface area (Å²) in [6.07, 6.45) is 0. The average molecular weight is 398 g/mol. The number of fused-ring (bicyclic) bond motifs is 1. The van der Waals surface area contributed by atoms with Crippen molar-refractivity contribution < 1.29 is 19.5 Å². The molecule has 2 amide bonds. The molecule has 4 unspecified atom stereocenters. The summed E-state index contributed by atoms with van der Waals surface area (Å²) in [5.74, 6) is -1.54. The van der Waals surface area contributed by atoms with E-state index in [1.807, 2.05) is 0 Å². The van der Waals surface area contributed by atoms with Crippen LogP contribution in [0.2, 0.25) is 0 Å². The number of benzene rings is 1. The fourth-order valence-corrected chi connectivity index (χ4v) is 5.16. The molecule has 0 saturated carbocycles. The number of alkyl halides is 1. The fraction of sp³-hybridized carbons (Fsp3) is 0.471. The number of amides is 2. The van der Waals surface area contributed by atoms with Gasteiger partial charge in [-0.15, -0.1) is 23.4 Å². The van der Waals surface area contributed by atoms with E-state index in [2.05, 4.69) is 5.32 Å². The van der Waals surface area contributed by atoms with Crippen molar-refractivity contribution in [1.82, 2.24) is 10.2 Å². The Labute approximate surface area is 160 Å². The topological polar surface area (TPSA) is 113 Å². The van der Waals surface area contributed by atoms with Crippen molar-refractivity contribution in [3.63, 3.8) is 0 Å². The SMILES string of the molecule is CC1(C)SC2C(NC(=O)C(N)c3ccc(CCl)cc3)C(=O)N2C1C(=O)O. The highest BCUT2D eigenvalue weighted by Gasteiger charge is 2.64. The van der Waals surface area contributed by atoms with Gasteiger partial charge in [0.2, 0.25) is 11.8 Å². The van der Waals surface area contributed by atoms with E-state index in [4.69, 9.17) is 17.3 Å². The van der Waals surface area contributed by atoms with Crippen LogP contribution < -0.4 is 11.1 Å². The van der Waals surface area contributed by atoms with Gasteiger partial charge in [0.15, 0.2) is 0 Å². The Kier molecular flexibility index (Phi) is 4.94. The number of nitrogens with one attached hydrogen (secondary N) is 1. The van der Waals surface area contributed by atoms with Gasteiger partial charge in [0.1, 0.15) is 23.5 Å². The first kappa shape index (κ1) is 19.0. The van der Waals surface area contributed by atoms with Crippen LogP contribution in [-0.4, -0.2) is 50.0 Å². The van der Waals surface area contributed by atoms with E-state index in [0.717, 1.165) is 5.56 Å². The van der Waals surface area contributed by atoms with Crippen LogP contribution in [0.15, 0.2) is 24.3 Å². The quantitative estimate of drug-likeness (QED) is 0.505. The molecule has 4 N–H and O–H groups in total. The summed E-state index contributed by atoms with van der Waals surface area (Å²) in [7, 11) is 0. The lowest BCUT2D eigenvalue weighted by atomic mass is 9.95. The van der Waals surface area contributed by atoms with Crippen molar-refractivity contribution in [2.75, 3.05) is 0 Å². The molecule has 4 atom stereocenters. The molecular weight excluding hydrogens is 378 g/mol. The Hall–Kier alpha value is -1.77. The fourth-order valence-electron chi connectivity index (χ4n) is 3.35. The van der Waals surface area contributed by atoms with Gasteiger partial charge in [0, 0.05) is 10.6 Å². The second-order valence-corrected chi connectivity index (χ2v) is 8.98. The molecule has 0 bridgehead atoms. The van der Waals surface area contributed by atoms with Crippen molar-refractivity contribution in [1.29, 1.82) is 0 Å². The highest BCUT2D eigenvalue weighted by molar-refractivity contribution is 8.01. The van der Waals surface area contributed by atoms with E-state index < -0.39 is 46.0 Å². The zero-order valence-electron chi connectivity index (χ0n) is 14.3. The van der Waals surface area contributed by atoms with Crippen LogP contribution >= 0.6 is 23.4 Å². The normalized spacial score (nSPS) is 27.5. The second-order valence-electron chi connectivity index (χ2n) is 6.94. The van der Waals surface area contributed by atoms with Crippen molar-refractivity contribution >= 4 is 41.1 Å². The predicted octanol–water partition coefficient (Wildman–Crippen LogP) is 1.06. The van der Waals surface area contributed by atoms with Gasteiger partial charge in [0.25, 0.3) is 0 Å². The Morgan fingerprint density at radius 1 is 1.38 bits per heavy atom. The average Bonchev–Trinajstić information content (AvgIpc) is 2.87. The lowest BCUT2D eigenvalue weighted by Crippen LogP contribution is -2.71. The summed E-state index contributed by atoms with van der Waals surface area (Å²) >= 11 is 7.12. The molecule has 0 radical (unpaired) electrons. The van der Waals surface area contributed by atoms with Crippen LogP contribution in [-0.2, 0) is 20.3 Å². The number of carboxylic acid groups (broad SMARTS) is 1. The molecule has 2 aliphatic rings. The van der Waals surface area contributed by atoms with E-state index in [1.54, 1.807) is 38.1 Å². The maximum Gasteiger partial charge on any atom is 0.327 e. The molecule has 26 heavy (non-hydrogen) atoms. The van der Waals surface area contributed by atoms with Gasteiger partial charge in [-0.1, -0.05) is 24.3 Å². The molecular formula is C17H20ClN3O4S. The van der Waals surface area contributed by atoms with Crippen molar-refractivity contribution in [3.8, 4) is 0 Å². The number of hydrogen-bond donors (Lipinski definition) is 3. The molecule has 2 fully saturated rings. The number of β-lactam (4-membered cyclic amide) rings is 1. The Morgan fingerprint density at radius 3 is 2.54 bits per heavy atom. The summed E-state index contributed by atoms with van der Waals surface area (Å²) in [6, 6.07) is 4.45. The third kappa shape index (κ3) is 3.06. The molecule has 7 nitrogen and oxygen atoms in total. The first-order chi connectivity index (χ1) is 12.2. The Morgan fingerprint density at radius 2 is 2.00 bits per heavy atom. The number of rotatable bonds is 5. The summed E-state index contributed by atoms with van der Waals surface area (Å²) < 4.78 is -0.634. The van der Waals surface area contributed by atoms with E-state index in [0.29, 0.717) is 11.4 Å². The molecule has 3 rings (SSSR count). The zero-order chi connectivity index (χ0) is 19.2. The van der Waals surface area contributed by atoms with Gasteiger partial charge in [-0.25, -0.2) is 4.79 Å². The second kappa shape index (κ2) is 6.75. The van der Waals surface area contributed by atoms with Gasteiger partial charge in [-0.05, 0) is 25.0 Å². The van der Waals surface area contributed by atoms with Crippen LogP contribution in [0.5, 0.6) is 0 Å². The molecule has 140 valence electrons. The molecule has 0 spiro atoms. The molecule has 2 saturated heterocycles. The summed E-state index contributed by atoms with van der Waals surface area (Å²) in [6.45, 7) is 3.57. The maximum absolute atomic E-state index is 12.5. The molecule has 9 heteroatoms. The number of halogens is 1. The molecule has 0 aliphatic carbocycles. The largest absolute Gasteiger partial charge is 0.480 e. The van der Waals surface area contributed by atoms with Crippen LogP contribution in [0.25, 0.3) is 0 Å². The number of aliphatic carboxylic acids is 1. The number of carbonyl (C=O) groups excluding carboxylic acids is 2. The molecule has 2 heterocycles. The van der Waals surface area contributed by atoms with Crippen LogP contribution in [0.4, 0.5) is 0 Å². The van der Waals surface area contributed by atoms with Crippen molar-refractivity contribution in [2.45, 2.75) is 48.0 Å². The predicted molar refractivity (Wildman–Crippen MR) is 98.6 cm³/mol. The van der Waals surface area contributed by atoms with Crippen LogP contribution in [0.3, 0.4) is 0 Å². The lowest BCUT2D eigenvalue weighted by Gasteiger charge is -2.43. The zero-order valence-corrected chi connectivity index (χ0v) is 15.9. The number of carbonyl (C=O) groups is 3. The highest BCUT2D eigenvalue weighted by atomic mass is 35.5. The number of hydrogen-bond acceptors (Lipinski definition) is 5. The van der Waals surface area contributed by atoms with E-state index in [1.165, 1.54) is 16.7 Å². The van der Waals surface area contributed by atoms with Gasteiger partial charge < -0.3 is 21.1 Å². The number of thioether (sulfide) groups is 1. The molecule has 0 aromatic heterocycles. The monoisotopic (exact) mass is 397 g/mol. The number of carboxylic acids is 1. The smallest absolute Gasteiger partial charge is 0.327 e. The minimum Gasteiger partial charge on any atom is -0.480 e. The third-order valence-electron chi connectivity index (χ3n) is 4.75. The number of nitrogens with two attached hydrogens (primary N) is 1. The summed E-state index contributed by atoms with van der Waals surface area (Å²) in [5.41, 5.74) is 7.53. The third-order valence-corrected chi connectivity index (χ3v) is 6.63. The maximum atomic E-state index is 12.5. The van der Waals surface area contributed by atoms with Crippen molar-refractivity contribution in [3.05, 3.63) is 35.4 Å². The van der Waals surface area contributed by atoms with E-state index in [-0.39, 0.29) is 0 Å². The van der Waals surface area contributed by atoms with Crippen LogP contribution in [0.1, 0.15) is 31.0 Å². The molecule has 1 aromatic carbocycles. The molecule has 1 aromatic rings. The summed E-state index contributed by atoms with van der Waals surface area (Å²) in [4.78, 5) is 37.7. The highest BCUT2D eigenvalue weighted by Crippen LogP contribution is 2.50. The van der Waals surface area contributed by atoms with Crippen LogP contribution in [0, 0.1) is 0 Å². The number of nitrogens with zero attached hydrogens (tertiary/aromatic N) is 1. The van der Waals surface area contributed by atoms with Crippen molar-refractivity contribution in [2.24, 2.45) is 5.73 Å². The Balaban J connectivity index is 1.69. The standard InChI is InChI=1S/C17H20ClN3O4S/c1-17(2)12(16(24)25)21-14(23)11(15(21)26-17)20-13(22)10(19)9-5-3-8(7-18)4-6-9/h3-6,10-12,15H,7,19H2,1-2H3,(H,20,22)(H,24,25). The van der Waals surface area contributed by atoms with Gasteiger partial charge in [-0.2, -0.15) is 0 Å². The summed E-state index contributed by atoms with van der Waals surface area (Å²) in [5, 5.41) is 11.7. The van der Waals surface area contributed by atoms with Gasteiger partial charge in [-0.3, -0.25) is 9.59 Å². The van der Waals surface area contributed by atoms with E-state index >= 15 is 0 Å². The van der Waals surface area contributed by atoms with Gasteiger partial charge >= 0.3 is 5.97 Å². The van der Waals surface area contributed by atoms with E-state index in [9.17, 15) is 19.5 Å².